The number of carboxylic acid groups (broad SMARTS) is 2. The second kappa shape index (κ2) is 13.0. The molecule has 0 radical (unpaired) electrons. The van der Waals surface area contributed by atoms with Crippen LogP contribution in [0, 0.1) is 5.92 Å². The third-order valence-electron chi connectivity index (χ3n) is 5.08. The summed E-state index contributed by atoms with van der Waals surface area (Å²) in [7, 11) is 0. The van der Waals surface area contributed by atoms with Crippen LogP contribution in [0.2, 0.25) is 0 Å². The number of aromatic nitrogens is 1. The first kappa shape index (κ1) is 29.5. The van der Waals surface area contributed by atoms with Gasteiger partial charge < -0.3 is 19.7 Å². The number of carbonyl (C=O) groups is 2. The lowest BCUT2D eigenvalue weighted by Crippen LogP contribution is -2.32. The van der Waals surface area contributed by atoms with Crippen LogP contribution < -0.4 is 0 Å². The predicted molar refractivity (Wildman–Crippen MR) is 113 cm³/mol. The Kier molecular flexibility index (Phi) is 10.6. The van der Waals surface area contributed by atoms with E-state index in [0.29, 0.717) is 18.6 Å². The van der Waals surface area contributed by atoms with E-state index >= 15 is 0 Å². The van der Waals surface area contributed by atoms with E-state index < -0.39 is 24.3 Å². The highest BCUT2D eigenvalue weighted by Gasteiger charge is 2.46. The van der Waals surface area contributed by atoms with Crippen molar-refractivity contribution in [2.45, 2.75) is 37.7 Å². The lowest BCUT2D eigenvalue weighted by molar-refractivity contribution is -0.193. The van der Waals surface area contributed by atoms with E-state index in [2.05, 4.69) is 26.7 Å². The quantitative estimate of drug-likeness (QED) is 0.547. The van der Waals surface area contributed by atoms with Gasteiger partial charge in [-0.1, -0.05) is 6.07 Å². The van der Waals surface area contributed by atoms with E-state index in [4.69, 9.17) is 29.3 Å². The molecule has 4 heterocycles. The molecule has 2 aromatic heterocycles. The lowest BCUT2D eigenvalue weighted by atomic mass is 10.0. The van der Waals surface area contributed by atoms with Crippen molar-refractivity contribution >= 4 is 23.3 Å². The number of pyridine rings is 1. The average molecular weight is 544 g/mol. The van der Waals surface area contributed by atoms with Crippen molar-refractivity contribution < 1.29 is 55.6 Å². The van der Waals surface area contributed by atoms with Crippen molar-refractivity contribution in [2.75, 3.05) is 19.8 Å². The fourth-order valence-electron chi connectivity index (χ4n) is 3.44. The fourth-order valence-corrected chi connectivity index (χ4v) is 4.10. The second-order valence-electron chi connectivity index (χ2n) is 7.61. The summed E-state index contributed by atoms with van der Waals surface area (Å²) in [6, 6.07) is 8.65. The number of hydrogen-bond donors (Lipinski definition) is 2. The summed E-state index contributed by atoms with van der Waals surface area (Å²) in [4.78, 5) is 24.6. The molecule has 3 atom stereocenters. The Morgan fingerprint density at radius 3 is 2.22 bits per heavy atom. The largest absolute Gasteiger partial charge is 0.490 e. The van der Waals surface area contributed by atoms with Gasteiger partial charge in [0.05, 0.1) is 31.6 Å². The van der Waals surface area contributed by atoms with Crippen LogP contribution in [0.5, 0.6) is 0 Å². The minimum atomic E-state index is -5.08. The number of aliphatic carboxylic acids is 2. The van der Waals surface area contributed by atoms with Gasteiger partial charge in [0.2, 0.25) is 0 Å². The van der Waals surface area contributed by atoms with Crippen LogP contribution in [0.15, 0.2) is 41.2 Å². The molecular weight excluding hydrogens is 522 g/mol. The highest BCUT2D eigenvalue weighted by atomic mass is 32.1. The van der Waals surface area contributed by atoms with Crippen molar-refractivity contribution in [3.8, 4) is 0 Å². The molecule has 2 aliphatic rings. The number of hydrogen-bond acceptors (Lipinski definition) is 7. The first-order valence-electron chi connectivity index (χ1n) is 10.2. The molecule has 4 rings (SSSR count). The fraction of sp³-hybridized carbons (Fsp3) is 0.476. The number of rotatable bonds is 5. The second-order valence-corrected chi connectivity index (χ2v) is 8.39. The SMILES string of the molecule is O=C(O)C(F)(F)F.O=C(O)C(F)(F)F.c1ccc(CO[C@H]2CN(Cc3ccsc3)[C@@H]3COC[C@H]23)nc1. The molecule has 0 bridgehead atoms. The number of alkyl halides is 6. The number of ether oxygens (including phenoxy) is 2. The molecule has 0 aromatic carbocycles. The highest BCUT2D eigenvalue weighted by molar-refractivity contribution is 7.07. The van der Waals surface area contributed by atoms with Crippen LogP contribution in [0.1, 0.15) is 11.3 Å². The molecule has 2 aromatic rings. The molecule has 0 spiro atoms. The van der Waals surface area contributed by atoms with E-state index in [9.17, 15) is 26.3 Å². The van der Waals surface area contributed by atoms with Crippen LogP contribution in [0.25, 0.3) is 0 Å². The first-order valence-corrected chi connectivity index (χ1v) is 11.2. The summed E-state index contributed by atoms with van der Waals surface area (Å²) < 4.78 is 75.4. The van der Waals surface area contributed by atoms with Gasteiger partial charge in [0.1, 0.15) is 0 Å². The maximum Gasteiger partial charge on any atom is 0.490 e. The number of thiophene rings is 1. The number of carboxylic acids is 2. The topological polar surface area (TPSA) is 109 Å². The van der Waals surface area contributed by atoms with Crippen LogP contribution in [-0.2, 0) is 32.2 Å². The minimum Gasteiger partial charge on any atom is -0.475 e. The van der Waals surface area contributed by atoms with Crippen molar-refractivity contribution in [1.29, 1.82) is 0 Å². The normalized spacial score (nSPS) is 21.6. The minimum absolute atomic E-state index is 0.244. The Hall–Kier alpha value is -2.75. The summed E-state index contributed by atoms with van der Waals surface area (Å²) >= 11 is 1.76. The van der Waals surface area contributed by atoms with Gasteiger partial charge in [0, 0.05) is 31.2 Å². The van der Waals surface area contributed by atoms with Crippen LogP contribution in [0.4, 0.5) is 26.3 Å². The molecule has 2 aliphatic heterocycles. The zero-order valence-corrected chi connectivity index (χ0v) is 19.2. The molecule has 36 heavy (non-hydrogen) atoms. The molecule has 0 unspecified atom stereocenters. The van der Waals surface area contributed by atoms with Crippen LogP contribution in [0.3, 0.4) is 0 Å². The maximum absolute atomic E-state index is 10.6. The standard InChI is InChI=1S/C17H20N2O2S.2C2HF3O2/c1-2-5-18-14(3-1)9-21-17-8-19(7-13-4-6-22-12-13)16-11-20-10-15(16)17;2*3-2(4,5)1(6)7/h1-6,12,15-17H,7-11H2;2*(H,6,7)/t15-,16+,17-;;/m0../s1. The summed E-state index contributed by atoms with van der Waals surface area (Å²) in [5, 5.41) is 18.6. The van der Waals surface area contributed by atoms with Crippen molar-refractivity contribution in [2.24, 2.45) is 5.92 Å². The monoisotopic (exact) mass is 544 g/mol. The zero-order chi connectivity index (χ0) is 26.9. The number of fused-ring (bicyclic) bond motifs is 1. The van der Waals surface area contributed by atoms with Gasteiger partial charge in [-0.05, 0) is 34.5 Å². The van der Waals surface area contributed by atoms with Gasteiger partial charge in [0.25, 0.3) is 0 Å². The van der Waals surface area contributed by atoms with Gasteiger partial charge in [-0.15, -0.1) is 0 Å². The van der Waals surface area contributed by atoms with Crippen molar-refractivity contribution in [3.63, 3.8) is 0 Å². The van der Waals surface area contributed by atoms with Gasteiger partial charge in [0.15, 0.2) is 0 Å². The molecule has 2 N–H and O–H groups in total. The summed E-state index contributed by atoms with van der Waals surface area (Å²) in [5.41, 5.74) is 2.38. The average Bonchev–Trinajstić information content (AvgIpc) is 3.53. The Morgan fingerprint density at radius 2 is 1.72 bits per heavy atom. The summed E-state index contributed by atoms with van der Waals surface area (Å²) in [6.07, 6.45) is -8.11. The van der Waals surface area contributed by atoms with Crippen LogP contribution in [-0.4, -0.2) is 76.3 Å². The van der Waals surface area contributed by atoms with E-state index in [1.54, 1.807) is 11.3 Å². The van der Waals surface area contributed by atoms with E-state index in [0.717, 1.165) is 32.0 Å². The van der Waals surface area contributed by atoms with Crippen LogP contribution >= 0.6 is 11.3 Å². The Morgan fingerprint density at radius 1 is 1.08 bits per heavy atom. The number of nitrogens with zero attached hydrogens (tertiary/aromatic N) is 2. The lowest BCUT2D eigenvalue weighted by Gasteiger charge is -2.21. The molecule has 8 nitrogen and oxygen atoms in total. The summed E-state index contributed by atoms with van der Waals surface area (Å²) in [6.45, 7) is 4.22. The number of halogens is 6. The Bertz CT molecular complexity index is 934. The molecule has 0 aliphatic carbocycles. The van der Waals surface area contributed by atoms with Gasteiger partial charge in [-0.3, -0.25) is 9.88 Å². The maximum atomic E-state index is 10.6. The third kappa shape index (κ3) is 9.37. The molecule has 15 heteroatoms. The van der Waals surface area contributed by atoms with Gasteiger partial charge in [-0.25, -0.2) is 9.59 Å². The van der Waals surface area contributed by atoms with E-state index in [-0.39, 0.29) is 6.10 Å². The molecule has 2 saturated heterocycles. The van der Waals surface area contributed by atoms with E-state index in [1.807, 2.05) is 24.4 Å². The summed E-state index contributed by atoms with van der Waals surface area (Å²) in [5.74, 6) is -5.03. The smallest absolute Gasteiger partial charge is 0.475 e. The predicted octanol–water partition coefficient (Wildman–Crippen LogP) is 3.83. The zero-order valence-electron chi connectivity index (χ0n) is 18.4. The molecule has 2 fully saturated rings. The highest BCUT2D eigenvalue weighted by Crippen LogP contribution is 2.33. The Balaban J connectivity index is 0.000000271. The molecular formula is C21H22F6N2O6S. The number of likely N-dealkylation sites (tertiary alicyclic amines) is 1. The third-order valence-corrected chi connectivity index (χ3v) is 5.81. The van der Waals surface area contributed by atoms with Crippen molar-refractivity contribution in [1.82, 2.24) is 9.88 Å². The van der Waals surface area contributed by atoms with Gasteiger partial charge >= 0.3 is 24.3 Å². The first-order chi connectivity index (χ1) is 16.8. The van der Waals surface area contributed by atoms with E-state index in [1.165, 1.54) is 5.56 Å². The Labute approximate surface area is 205 Å². The molecule has 200 valence electrons. The molecule has 0 saturated carbocycles. The van der Waals surface area contributed by atoms with Gasteiger partial charge in [-0.2, -0.15) is 37.7 Å². The van der Waals surface area contributed by atoms with Crippen molar-refractivity contribution in [3.05, 3.63) is 52.5 Å². The molecule has 0 amide bonds.